The highest BCUT2D eigenvalue weighted by molar-refractivity contribution is 7.99. The molecule has 2 aliphatic rings. The molecule has 2 bridgehead atoms. The number of nitrogens with one attached hydrogen (secondary N) is 2. The first kappa shape index (κ1) is 16.8. The second-order valence-electron chi connectivity index (χ2n) is 8.18. The predicted octanol–water partition coefficient (Wildman–Crippen LogP) is 3.35. The Morgan fingerprint density at radius 3 is 2.70 bits per heavy atom. The molecule has 3 rings (SSSR count). The van der Waals surface area contributed by atoms with Gasteiger partial charge in [-0.1, -0.05) is 46.4 Å². The molecule has 23 heavy (non-hydrogen) atoms. The van der Waals surface area contributed by atoms with Crippen LogP contribution in [0, 0.1) is 16.7 Å². The van der Waals surface area contributed by atoms with Crippen molar-refractivity contribution < 1.29 is 4.79 Å². The molecule has 0 radical (unpaired) electrons. The number of carbonyl (C=O) groups is 1. The molecule has 2 N–H and O–H groups in total. The zero-order valence-corrected chi connectivity index (χ0v) is 15.6. The van der Waals surface area contributed by atoms with E-state index in [1.807, 2.05) is 0 Å². The third-order valence-electron chi connectivity index (χ3n) is 6.49. The molecule has 0 saturated heterocycles. The number of amides is 1. The van der Waals surface area contributed by atoms with Crippen molar-refractivity contribution in [3.8, 4) is 0 Å². The fourth-order valence-corrected chi connectivity index (χ4v) is 4.99. The van der Waals surface area contributed by atoms with Gasteiger partial charge in [-0.3, -0.25) is 9.89 Å². The Hall–Kier alpha value is -1.04. The highest BCUT2D eigenvalue weighted by atomic mass is 32.2. The van der Waals surface area contributed by atoms with Gasteiger partial charge in [0.05, 0.1) is 5.75 Å². The number of rotatable bonds is 5. The normalized spacial score (nSPS) is 31.7. The van der Waals surface area contributed by atoms with Crippen LogP contribution in [0.3, 0.4) is 0 Å². The van der Waals surface area contributed by atoms with Gasteiger partial charge in [0.1, 0.15) is 5.82 Å². The number of fused-ring (bicyclic) bond motifs is 2. The maximum atomic E-state index is 12.3. The average molecular weight is 337 g/mol. The minimum Gasteiger partial charge on any atom is -0.352 e. The maximum absolute atomic E-state index is 12.3. The molecule has 2 aliphatic carbocycles. The molecule has 0 spiro atoms. The SMILES string of the molecule is CC(C)c1nc(SCC(=O)N[C@@H]2C[C@H]3CC[C@@]2(C)C3(C)C)n[nH]1. The topological polar surface area (TPSA) is 70.7 Å². The zero-order chi connectivity index (χ0) is 16.8. The van der Waals surface area contributed by atoms with Gasteiger partial charge in [-0.25, -0.2) is 4.98 Å². The van der Waals surface area contributed by atoms with Gasteiger partial charge < -0.3 is 5.32 Å². The maximum Gasteiger partial charge on any atom is 0.230 e. The molecule has 0 unspecified atom stereocenters. The molecule has 1 aromatic rings. The Bertz CT molecular complexity index is 597. The van der Waals surface area contributed by atoms with Gasteiger partial charge in [-0.05, 0) is 36.0 Å². The van der Waals surface area contributed by atoms with Crippen molar-refractivity contribution in [1.29, 1.82) is 0 Å². The minimum atomic E-state index is 0.0977. The first-order valence-electron chi connectivity index (χ1n) is 8.58. The second kappa shape index (κ2) is 5.80. The smallest absolute Gasteiger partial charge is 0.230 e. The van der Waals surface area contributed by atoms with Crippen LogP contribution in [0.5, 0.6) is 0 Å². The van der Waals surface area contributed by atoms with Crippen LogP contribution in [0.4, 0.5) is 0 Å². The van der Waals surface area contributed by atoms with Crippen molar-refractivity contribution in [3.05, 3.63) is 5.82 Å². The molecular weight excluding hydrogens is 308 g/mol. The number of hydrogen-bond acceptors (Lipinski definition) is 4. The quantitative estimate of drug-likeness (QED) is 0.809. The summed E-state index contributed by atoms with van der Waals surface area (Å²) in [6.07, 6.45) is 3.65. The third-order valence-corrected chi connectivity index (χ3v) is 7.34. The largest absolute Gasteiger partial charge is 0.352 e. The molecule has 128 valence electrons. The minimum absolute atomic E-state index is 0.0977. The van der Waals surface area contributed by atoms with Crippen LogP contribution in [0.15, 0.2) is 5.16 Å². The molecule has 3 atom stereocenters. The average Bonchev–Trinajstić information content (AvgIpc) is 3.08. The highest BCUT2D eigenvalue weighted by Crippen LogP contribution is 2.65. The Kier molecular flexibility index (Phi) is 4.23. The lowest BCUT2D eigenvalue weighted by Gasteiger charge is -2.39. The van der Waals surface area contributed by atoms with Crippen LogP contribution in [0.1, 0.15) is 65.6 Å². The molecule has 1 amide bonds. The van der Waals surface area contributed by atoms with Gasteiger partial charge in [0.25, 0.3) is 0 Å². The van der Waals surface area contributed by atoms with Crippen molar-refractivity contribution in [2.24, 2.45) is 16.7 Å². The Morgan fingerprint density at radius 2 is 2.17 bits per heavy atom. The van der Waals surface area contributed by atoms with E-state index in [0.29, 0.717) is 28.3 Å². The van der Waals surface area contributed by atoms with Crippen molar-refractivity contribution in [2.75, 3.05) is 5.75 Å². The standard InChI is InChI=1S/C17H28N4OS/c1-10(2)14-19-15(21-20-14)23-9-13(22)18-12-8-11-6-7-17(12,5)16(11,3)4/h10-12H,6-9H2,1-5H3,(H,18,22)(H,19,20,21)/t11-,12-,17-/m1/s1. The summed E-state index contributed by atoms with van der Waals surface area (Å²) in [7, 11) is 0. The van der Waals surface area contributed by atoms with E-state index in [0.717, 1.165) is 18.2 Å². The Balaban J connectivity index is 1.54. The summed E-state index contributed by atoms with van der Waals surface area (Å²) in [5, 5.41) is 11.0. The molecule has 2 fully saturated rings. The molecule has 2 saturated carbocycles. The van der Waals surface area contributed by atoms with Gasteiger partial charge in [0.15, 0.2) is 0 Å². The summed E-state index contributed by atoms with van der Waals surface area (Å²) in [4.78, 5) is 16.7. The molecule has 1 heterocycles. The van der Waals surface area contributed by atoms with E-state index < -0.39 is 0 Å². The number of nitrogens with zero attached hydrogens (tertiary/aromatic N) is 2. The Labute approximate surface area is 142 Å². The van der Waals surface area contributed by atoms with Crippen molar-refractivity contribution in [2.45, 2.75) is 71.0 Å². The van der Waals surface area contributed by atoms with Crippen LogP contribution < -0.4 is 5.32 Å². The first-order valence-corrected chi connectivity index (χ1v) is 9.57. The van der Waals surface area contributed by atoms with Crippen molar-refractivity contribution in [3.63, 3.8) is 0 Å². The van der Waals surface area contributed by atoms with E-state index in [-0.39, 0.29) is 11.3 Å². The second-order valence-corrected chi connectivity index (χ2v) is 9.12. The van der Waals surface area contributed by atoms with Gasteiger partial charge >= 0.3 is 0 Å². The summed E-state index contributed by atoms with van der Waals surface area (Å²) < 4.78 is 0. The highest BCUT2D eigenvalue weighted by Gasteiger charge is 2.61. The number of carbonyl (C=O) groups excluding carboxylic acids is 1. The number of aromatic nitrogens is 3. The number of aromatic amines is 1. The number of hydrogen-bond donors (Lipinski definition) is 2. The fourth-order valence-electron chi connectivity index (χ4n) is 4.37. The molecule has 5 nitrogen and oxygen atoms in total. The first-order chi connectivity index (χ1) is 10.7. The lowest BCUT2D eigenvalue weighted by atomic mass is 9.69. The van der Waals surface area contributed by atoms with E-state index in [9.17, 15) is 4.79 Å². The van der Waals surface area contributed by atoms with Crippen molar-refractivity contribution >= 4 is 17.7 Å². The summed E-state index contributed by atoms with van der Waals surface area (Å²) in [6.45, 7) is 11.2. The molecular formula is C17H28N4OS. The van der Waals surface area contributed by atoms with Crippen LogP contribution >= 0.6 is 11.8 Å². The molecule has 6 heteroatoms. The van der Waals surface area contributed by atoms with Crippen LogP contribution in [-0.2, 0) is 4.79 Å². The van der Waals surface area contributed by atoms with Crippen LogP contribution in [-0.4, -0.2) is 32.9 Å². The van der Waals surface area contributed by atoms with Gasteiger partial charge in [-0.2, -0.15) is 0 Å². The van der Waals surface area contributed by atoms with E-state index in [4.69, 9.17) is 0 Å². The monoisotopic (exact) mass is 336 g/mol. The predicted molar refractivity (Wildman–Crippen MR) is 92.4 cm³/mol. The zero-order valence-electron chi connectivity index (χ0n) is 14.8. The van der Waals surface area contributed by atoms with Crippen molar-refractivity contribution in [1.82, 2.24) is 20.5 Å². The lowest BCUT2D eigenvalue weighted by molar-refractivity contribution is -0.120. The van der Waals surface area contributed by atoms with Gasteiger partial charge in [-0.15, -0.1) is 5.10 Å². The van der Waals surface area contributed by atoms with Gasteiger partial charge in [0, 0.05) is 12.0 Å². The van der Waals surface area contributed by atoms with E-state index >= 15 is 0 Å². The van der Waals surface area contributed by atoms with E-state index in [1.54, 1.807) is 0 Å². The molecule has 1 aromatic heterocycles. The fraction of sp³-hybridized carbons (Fsp3) is 0.824. The van der Waals surface area contributed by atoms with E-state index in [1.165, 1.54) is 24.6 Å². The summed E-state index contributed by atoms with van der Waals surface area (Å²) in [5.41, 5.74) is 0.557. The number of H-pyrrole nitrogens is 1. The van der Waals surface area contributed by atoms with E-state index in [2.05, 4.69) is 55.1 Å². The third kappa shape index (κ3) is 2.79. The summed E-state index contributed by atoms with van der Waals surface area (Å²) >= 11 is 1.40. The molecule has 0 aromatic carbocycles. The van der Waals surface area contributed by atoms with Crippen LogP contribution in [0.2, 0.25) is 0 Å². The van der Waals surface area contributed by atoms with Gasteiger partial charge in [0.2, 0.25) is 11.1 Å². The lowest BCUT2D eigenvalue weighted by Crippen LogP contribution is -2.47. The van der Waals surface area contributed by atoms with Crippen LogP contribution in [0.25, 0.3) is 0 Å². The number of thioether (sulfide) groups is 1. The molecule has 0 aliphatic heterocycles. The Morgan fingerprint density at radius 1 is 1.43 bits per heavy atom. The summed E-state index contributed by atoms with van der Waals surface area (Å²) in [5.74, 6) is 2.41. The summed E-state index contributed by atoms with van der Waals surface area (Å²) in [6, 6.07) is 0.308.